The highest BCUT2D eigenvalue weighted by molar-refractivity contribution is 4.61. The van der Waals surface area contributed by atoms with Gasteiger partial charge in [0.2, 0.25) is 0 Å². The van der Waals surface area contributed by atoms with E-state index in [0.29, 0.717) is 0 Å². The van der Waals surface area contributed by atoms with Gasteiger partial charge in [-0.15, -0.1) is 0 Å². The zero-order valence-corrected chi connectivity index (χ0v) is 13.1. The lowest BCUT2D eigenvalue weighted by Crippen LogP contribution is -2.06. The van der Waals surface area contributed by atoms with Gasteiger partial charge in [-0.2, -0.15) is 0 Å². The molecule has 3 atom stereocenters. The van der Waals surface area contributed by atoms with Gasteiger partial charge < -0.3 is 0 Å². The zero-order chi connectivity index (χ0) is 13.1. The molecular weight excluding hydrogens is 204 g/mol. The van der Waals surface area contributed by atoms with Crippen LogP contribution in [0.3, 0.4) is 0 Å². The average molecular weight is 240 g/mol. The molecule has 0 fully saturated rings. The fourth-order valence-electron chi connectivity index (χ4n) is 2.64. The summed E-state index contributed by atoms with van der Waals surface area (Å²) in [6, 6.07) is 0. The van der Waals surface area contributed by atoms with Gasteiger partial charge in [-0.1, -0.05) is 92.4 Å². The lowest BCUT2D eigenvalue weighted by molar-refractivity contribution is 0.340. The molecule has 0 aromatic carbocycles. The number of unbranched alkanes of at least 4 members (excludes halogenated alkanes) is 3. The minimum absolute atomic E-state index is 0.916. The van der Waals surface area contributed by atoms with E-state index in [2.05, 4.69) is 34.6 Å². The standard InChI is InChI=1S/C17H36/c1-6-12-15(3)13-10-8-9-11-14-17(5)16(4)7-2/h15-17H,6-14H2,1-5H3. The Morgan fingerprint density at radius 3 is 1.76 bits per heavy atom. The molecule has 0 heterocycles. The van der Waals surface area contributed by atoms with Gasteiger partial charge in [0.25, 0.3) is 0 Å². The van der Waals surface area contributed by atoms with Crippen LogP contribution in [-0.4, -0.2) is 0 Å². The zero-order valence-electron chi connectivity index (χ0n) is 13.1. The average Bonchev–Trinajstić information content (AvgIpc) is 2.32. The molecule has 17 heavy (non-hydrogen) atoms. The summed E-state index contributed by atoms with van der Waals surface area (Å²) in [5.41, 5.74) is 0. The van der Waals surface area contributed by atoms with Crippen molar-refractivity contribution in [3.8, 4) is 0 Å². The third-order valence-corrected chi connectivity index (χ3v) is 4.50. The summed E-state index contributed by atoms with van der Waals surface area (Å²) in [7, 11) is 0. The molecular formula is C17H36. The van der Waals surface area contributed by atoms with Gasteiger partial charge in [-0.3, -0.25) is 0 Å². The van der Waals surface area contributed by atoms with Gasteiger partial charge in [0.15, 0.2) is 0 Å². The maximum Gasteiger partial charge on any atom is -0.0417 e. The van der Waals surface area contributed by atoms with E-state index >= 15 is 0 Å². The van der Waals surface area contributed by atoms with Crippen LogP contribution in [0.5, 0.6) is 0 Å². The van der Waals surface area contributed by atoms with E-state index in [1.807, 2.05) is 0 Å². The lowest BCUT2D eigenvalue weighted by Gasteiger charge is -2.17. The van der Waals surface area contributed by atoms with Crippen LogP contribution in [0.4, 0.5) is 0 Å². The highest BCUT2D eigenvalue weighted by Crippen LogP contribution is 2.22. The Balaban J connectivity index is 3.29. The topological polar surface area (TPSA) is 0 Å². The van der Waals surface area contributed by atoms with Crippen molar-refractivity contribution in [2.24, 2.45) is 17.8 Å². The van der Waals surface area contributed by atoms with Crippen molar-refractivity contribution in [1.82, 2.24) is 0 Å². The molecule has 0 aliphatic carbocycles. The van der Waals surface area contributed by atoms with Gasteiger partial charge in [0, 0.05) is 0 Å². The third-order valence-electron chi connectivity index (χ3n) is 4.50. The fraction of sp³-hybridized carbons (Fsp3) is 1.00. The lowest BCUT2D eigenvalue weighted by atomic mass is 9.88. The largest absolute Gasteiger partial charge is 0.0654 e. The van der Waals surface area contributed by atoms with E-state index in [4.69, 9.17) is 0 Å². The molecule has 0 saturated carbocycles. The first-order valence-corrected chi connectivity index (χ1v) is 8.11. The van der Waals surface area contributed by atoms with Crippen molar-refractivity contribution in [3.63, 3.8) is 0 Å². The van der Waals surface area contributed by atoms with Crippen LogP contribution in [0.25, 0.3) is 0 Å². The van der Waals surface area contributed by atoms with Crippen LogP contribution in [0, 0.1) is 17.8 Å². The molecule has 0 radical (unpaired) electrons. The van der Waals surface area contributed by atoms with Gasteiger partial charge in [-0.25, -0.2) is 0 Å². The van der Waals surface area contributed by atoms with E-state index in [1.165, 1.54) is 57.8 Å². The Hall–Kier alpha value is 0. The van der Waals surface area contributed by atoms with E-state index < -0.39 is 0 Å². The predicted octanol–water partition coefficient (Wildman–Crippen LogP) is 6.45. The van der Waals surface area contributed by atoms with Crippen LogP contribution in [0.1, 0.15) is 92.4 Å². The molecule has 3 unspecified atom stereocenters. The molecule has 0 nitrogen and oxygen atoms in total. The van der Waals surface area contributed by atoms with Crippen molar-refractivity contribution in [1.29, 1.82) is 0 Å². The molecule has 0 aliphatic heterocycles. The molecule has 0 heteroatoms. The van der Waals surface area contributed by atoms with Crippen molar-refractivity contribution >= 4 is 0 Å². The van der Waals surface area contributed by atoms with E-state index in [-0.39, 0.29) is 0 Å². The minimum Gasteiger partial charge on any atom is -0.0654 e. The van der Waals surface area contributed by atoms with Crippen LogP contribution in [0.2, 0.25) is 0 Å². The molecule has 0 rings (SSSR count). The van der Waals surface area contributed by atoms with Crippen LogP contribution in [-0.2, 0) is 0 Å². The van der Waals surface area contributed by atoms with Gasteiger partial charge in [-0.05, 0) is 17.8 Å². The summed E-state index contributed by atoms with van der Waals surface area (Å²) in [5, 5.41) is 0. The smallest absolute Gasteiger partial charge is 0.0417 e. The molecule has 104 valence electrons. The molecule has 0 aromatic heterocycles. The maximum atomic E-state index is 2.43. The van der Waals surface area contributed by atoms with Gasteiger partial charge >= 0.3 is 0 Å². The second kappa shape index (κ2) is 11.1. The summed E-state index contributed by atoms with van der Waals surface area (Å²) in [6.07, 6.45) is 12.8. The monoisotopic (exact) mass is 240 g/mol. The van der Waals surface area contributed by atoms with Crippen molar-refractivity contribution in [2.75, 3.05) is 0 Å². The first-order chi connectivity index (χ1) is 8.11. The van der Waals surface area contributed by atoms with Crippen molar-refractivity contribution in [3.05, 3.63) is 0 Å². The fourth-order valence-corrected chi connectivity index (χ4v) is 2.64. The maximum absolute atomic E-state index is 2.43. The predicted molar refractivity (Wildman–Crippen MR) is 80.4 cm³/mol. The number of hydrogen-bond donors (Lipinski definition) is 0. The molecule has 0 saturated heterocycles. The highest BCUT2D eigenvalue weighted by atomic mass is 14.1. The van der Waals surface area contributed by atoms with Gasteiger partial charge in [0.05, 0.1) is 0 Å². The van der Waals surface area contributed by atoms with E-state index in [0.717, 1.165) is 17.8 Å². The van der Waals surface area contributed by atoms with E-state index in [9.17, 15) is 0 Å². The normalized spacial score (nSPS) is 16.8. The van der Waals surface area contributed by atoms with Crippen molar-refractivity contribution in [2.45, 2.75) is 92.4 Å². The highest BCUT2D eigenvalue weighted by Gasteiger charge is 2.09. The van der Waals surface area contributed by atoms with Crippen LogP contribution in [0.15, 0.2) is 0 Å². The van der Waals surface area contributed by atoms with Crippen LogP contribution >= 0.6 is 0 Å². The summed E-state index contributed by atoms with van der Waals surface area (Å²) >= 11 is 0. The molecule has 0 aromatic rings. The molecule has 0 amide bonds. The second-order valence-electron chi connectivity index (χ2n) is 6.25. The Bertz CT molecular complexity index is 150. The minimum atomic E-state index is 0.916. The quantitative estimate of drug-likeness (QED) is 0.364. The van der Waals surface area contributed by atoms with Crippen LogP contribution < -0.4 is 0 Å². The van der Waals surface area contributed by atoms with Gasteiger partial charge in [0.1, 0.15) is 0 Å². The second-order valence-corrected chi connectivity index (χ2v) is 6.25. The first kappa shape index (κ1) is 17.0. The summed E-state index contributed by atoms with van der Waals surface area (Å²) < 4.78 is 0. The summed E-state index contributed by atoms with van der Waals surface area (Å²) in [4.78, 5) is 0. The number of hydrogen-bond acceptors (Lipinski definition) is 0. The molecule has 0 bridgehead atoms. The SMILES string of the molecule is CCCC(C)CCCCCCC(C)C(C)CC. The van der Waals surface area contributed by atoms with Crippen molar-refractivity contribution < 1.29 is 0 Å². The third kappa shape index (κ3) is 9.68. The first-order valence-electron chi connectivity index (χ1n) is 8.11. The summed E-state index contributed by atoms with van der Waals surface area (Å²) in [5.74, 6) is 2.80. The summed E-state index contributed by atoms with van der Waals surface area (Å²) in [6.45, 7) is 11.9. The Morgan fingerprint density at radius 2 is 1.24 bits per heavy atom. The molecule has 0 aliphatic rings. The Labute approximate surface area is 111 Å². The van der Waals surface area contributed by atoms with E-state index in [1.54, 1.807) is 0 Å². The molecule has 0 N–H and O–H groups in total. The molecule has 0 spiro atoms. The number of rotatable bonds is 11. The Kier molecular flexibility index (Phi) is 11.1. The Morgan fingerprint density at radius 1 is 0.647 bits per heavy atom.